The van der Waals surface area contributed by atoms with Crippen molar-refractivity contribution in [1.82, 2.24) is 0 Å². The first kappa shape index (κ1) is 21.4. The second kappa shape index (κ2) is 8.00. The van der Waals surface area contributed by atoms with Crippen molar-refractivity contribution in [1.29, 1.82) is 0 Å². The summed E-state index contributed by atoms with van der Waals surface area (Å²) in [6.45, 7) is 5.03. The lowest BCUT2D eigenvalue weighted by atomic mass is 9.87. The van der Waals surface area contributed by atoms with E-state index in [9.17, 15) is 24.6 Å². The molecule has 0 radical (unpaired) electrons. The molecule has 0 aliphatic rings. The highest BCUT2D eigenvalue weighted by molar-refractivity contribution is 5.94. The summed E-state index contributed by atoms with van der Waals surface area (Å²) >= 11 is 0. The number of ketones is 1. The van der Waals surface area contributed by atoms with Crippen LogP contribution in [0.25, 0.3) is 21.9 Å². The minimum atomic E-state index is -1.56. The van der Waals surface area contributed by atoms with Crippen LogP contribution in [0.3, 0.4) is 0 Å². The molecule has 0 amide bonds. The number of aryl methyl sites for hydroxylation is 2. The predicted octanol–water partition coefficient (Wildman–Crippen LogP) is 4.16. The summed E-state index contributed by atoms with van der Waals surface area (Å²) in [6.07, 6.45) is 1.35. The Morgan fingerprint density at radius 1 is 0.812 bits per heavy atom. The van der Waals surface area contributed by atoms with E-state index in [1.54, 1.807) is 36.4 Å². The Bertz CT molecular complexity index is 1380. The molecule has 2 heterocycles. The van der Waals surface area contributed by atoms with E-state index < -0.39 is 45.6 Å². The van der Waals surface area contributed by atoms with Crippen molar-refractivity contribution in [2.24, 2.45) is 0 Å². The molecule has 0 fully saturated rings. The van der Waals surface area contributed by atoms with Crippen molar-refractivity contribution in [3.8, 4) is 11.5 Å². The van der Waals surface area contributed by atoms with Crippen molar-refractivity contribution in [3.63, 3.8) is 0 Å². The van der Waals surface area contributed by atoms with E-state index >= 15 is 0 Å². The Morgan fingerprint density at radius 2 is 1.22 bits per heavy atom. The maximum atomic E-state index is 12.8. The number of hydrogen-bond donors (Lipinski definition) is 2. The number of carbonyl (C=O) groups excluding carboxylic acids is 1. The van der Waals surface area contributed by atoms with E-state index in [1.807, 2.05) is 13.8 Å². The minimum Gasteiger partial charge on any atom is -0.507 e. The normalized spacial score (nSPS) is 11.5. The van der Waals surface area contributed by atoms with Gasteiger partial charge in [-0.25, -0.2) is 9.59 Å². The van der Waals surface area contributed by atoms with E-state index in [4.69, 9.17) is 8.83 Å². The van der Waals surface area contributed by atoms with Gasteiger partial charge in [0.15, 0.2) is 0 Å². The lowest BCUT2D eigenvalue weighted by molar-refractivity contribution is -0.117. The first-order valence-electron chi connectivity index (χ1n) is 10.3. The zero-order valence-corrected chi connectivity index (χ0v) is 17.9. The van der Waals surface area contributed by atoms with E-state index in [0.717, 1.165) is 11.1 Å². The second-order valence-electron chi connectivity index (χ2n) is 7.72. The first-order chi connectivity index (χ1) is 15.3. The maximum Gasteiger partial charge on any atom is 0.344 e. The largest absolute Gasteiger partial charge is 0.507 e. The van der Waals surface area contributed by atoms with Gasteiger partial charge in [-0.15, -0.1) is 0 Å². The molecular weight excluding hydrogens is 412 g/mol. The lowest BCUT2D eigenvalue weighted by Gasteiger charge is -2.17. The summed E-state index contributed by atoms with van der Waals surface area (Å²) in [5.41, 5.74) is -0.699. The maximum absolute atomic E-state index is 12.8. The molecule has 4 rings (SSSR count). The molecule has 0 atom stereocenters. The molecule has 0 saturated carbocycles. The number of fused-ring (bicyclic) bond motifs is 2. The molecule has 0 unspecified atom stereocenters. The molecule has 164 valence electrons. The standard InChI is InChI=1S/C25H22O7/c1-4-13-6-8-17-15(10-13)22(27)20(24(29)31-17)19(12(3)26)21-23(28)16-11-14(5-2)7-9-18(16)32-25(21)30/h6-11,19,27-28H,4-5H2,1-3H3. The topological polar surface area (TPSA) is 118 Å². The third kappa shape index (κ3) is 3.36. The van der Waals surface area contributed by atoms with Crippen LogP contribution in [-0.2, 0) is 17.6 Å². The van der Waals surface area contributed by atoms with Gasteiger partial charge in [-0.05, 0) is 55.2 Å². The van der Waals surface area contributed by atoms with E-state index in [1.165, 1.54) is 6.92 Å². The molecule has 4 aromatic rings. The Morgan fingerprint density at radius 3 is 1.56 bits per heavy atom. The van der Waals surface area contributed by atoms with Gasteiger partial charge in [-0.1, -0.05) is 26.0 Å². The smallest absolute Gasteiger partial charge is 0.344 e. The third-order valence-electron chi connectivity index (χ3n) is 5.75. The average Bonchev–Trinajstić information content (AvgIpc) is 2.77. The van der Waals surface area contributed by atoms with Crippen LogP contribution in [0.4, 0.5) is 0 Å². The van der Waals surface area contributed by atoms with Crippen LogP contribution in [0, 0.1) is 0 Å². The van der Waals surface area contributed by atoms with Crippen molar-refractivity contribution in [2.45, 2.75) is 39.5 Å². The molecule has 32 heavy (non-hydrogen) atoms. The number of rotatable bonds is 5. The summed E-state index contributed by atoms with van der Waals surface area (Å²) in [5, 5.41) is 22.4. The fourth-order valence-electron chi connectivity index (χ4n) is 4.00. The summed E-state index contributed by atoms with van der Waals surface area (Å²) in [4.78, 5) is 38.3. The fraction of sp³-hybridized carbons (Fsp3) is 0.240. The second-order valence-corrected chi connectivity index (χ2v) is 7.72. The Balaban J connectivity index is 2.07. The molecule has 0 spiro atoms. The zero-order valence-electron chi connectivity index (χ0n) is 17.9. The van der Waals surface area contributed by atoms with Gasteiger partial charge in [0.05, 0.1) is 27.8 Å². The predicted molar refractivity (Wildman–Crippen MR) is 120 cm³/mol. The summed E-state index contributed by atoms with van der Waals surface area (Å²) in [5.74, 6) is -3.13. The molecule has 0 aliphatic heterocycles. The lowest BCUT2D eigenvalue weighted by Crippen LogP contribution is -2.25. The van der Waals surface area contributed by atoms with Gasteiger partial charge in [0.2, 0.25) is 0 Å². The van der Waals surface area contributed by atoms with E-state index in [-0.39, 0.29) is 21.9 Å². The number of benzene rings is 2. The molecule has 7 heteroatoms. The van der Waals surface area contributed by atoms with Gasteiger partial charge in [0, 0.05) is 0 Å². The SMILES string of the molecule is CCc1ccc2oc(=O)c(C(C(C)=O)c3c(O)c4cc(CC)ccc4oc3=O)c(O)c2c1. The molecule has 0 aliphatic carbocycles. The molecule has 2 aromatic carbocycles. The highest BCUT2D eigenvalue weighted by Gasteiger charge is 2.34. The minimum absolute atomic E-state index is 0.151. The van der Waals surface area contributed by atoms with Gasteiger partial charge >= 0.3 is 11.3 Å². The summed E-state index contributed by atoms with van der Waals surface area (Å²) < 4.78 is 10.7. The van der Waals surface area contributed by atoms with Crippen molar-refractivity contribution in [2.75, 3.05) is 0 Å². The monoisotopic (exact) mass is 434 g/mol. The molecule has 2 aromatic heterocycles. The Kier molecular flexibility index (Phi) is 5.34. The molecule has 7 nitrogen and oxygen atoms in total. The number of hydrogen-bond acceptors (Lipinski definition) is 7. The molecule has 2 N–H and O–H groups in total. The van der Waals surface area contributed by atoms with Crippen molar-refractivity contribution < 1.29 is 23.8 Å². The van der Waals surface area contributed by atoms with Gasteiger partial charge in [-0.2, -0.15) is 0 Å². The molecule has 0 saturated heterocycles. The molecule has 0 bridgehead atoms. The van der Waals surface area contributed by atoms with Gasteiger partial charge in [0.1, 0.15) is 28.4 Å². The number of carbonyl (C=O) groups is 1. The van der Waals surface area contributed by atoms with Crippen LogP contribution >= 0.6 is 0 Å². The molecular formula is C25H22O7. The van der Waals surface area contributed by atoms with Crippen molar-refractivity contribution >= 4 is 27.7 Å². The highest BCUT2D eigenvalue weighted by atomic mass is 16.4. The number of aromatic hydroxyl groups is 2. The quantitative estimate of drug-likeness (QED) is 0.453. The van der Waals surface area contributed by atoms with Gasteiger partial charge < -0.3 is 19.0 Å². The van der Waals surface area contributed by atoms with Crippen LogP contribution in [0.1, 0.15) is 48.9 Å². The van der Waals surface area contributed by atoms with Crippen molar-refractivity contribution in [3.05, 3.63) is 79.5 Å². The van der Waals surface area contributed by atoms with Crippen LogP contribution in [0.15, 0.2) is 54.8 Å². The number of Topliss-reactive ketones (excluding diaryl/α,β-unsaturated/α-hetero) is 1. The summed E-state index contributed by atoms with van der Waals surface area (Å²) in [6, 6.07) is 9.98. The van der Waals surface area contributed by atoms with Gasteiger partial charge in [-0.3, -0.25) is 4.79 Å². The fourth-order valence-corrected chi connectivity index (χ4v) is 4.00. The zero-order chi connectivity index (χ0) is 23.2. The van der Waals surface area contributed by atoms with E-state index in [2.05, 4.69) is 0 Å². The Hall–Kier alpha value is -3.87. The van der Waals surface area contributed by atoms with Crippen LogP contribution in [0.5, 0.6) is 11.5 Å². The average molecular weight is 434 g/mol. The summed E-state index contributed by atoms with van der Waals surface area (Å²) in [7, 11) is 0. The van der Waals surface area contributed by atoms with Crippen LogP contribution < -0.4 is 11.3 Å². The van der Waals surface area contributed by atoms with Crippen LogP contribution in [-0.4, -0.2) is 16.0 Å². The highest BCUT2D eigenvalue weighted by Crippen LogP contribution is 2.39. The van der Waals surface area contributed by atoms with E-state index in [0.29, 0.717) is 12.8 Å². The van der Waals surface area contributed by atoms with Crippen LogP contribution in [0.2, 0.25) is 0 Å². The third-order valence-corrected chi connectivity index (χ3v) is 5.75. The van der Waals surface area contributed by atoms with Gasteiger partial charge in [0.25, 0.3) is 0 Å². The Labute approximate surface area is 182 Å². The first-order valence-corrected chi connectivity index (χ1v) is 10.3.